The van der Waals surface area contributed by atoms with Crippen LogP contribution in [0.5, 0.6) is 5.75 Å². The number of phenolic OH excluding ortho intramolecular Hbond substituents is 1. The largest absolute Gasteiger partial charge is 0.507 e. The first-order valence-electron chi connectivity index (χ1n) is 5.91. The third kappa shape index (κ3) is 2.60. The molecule has 0 unspecified atom stereocenters. The van der Waals surface area contributed by atoms with Crippen molar-refractivity contribution in [1.82, 2.24) is 0 Å². The van der Waals surface area contributed by atoms with Crippen LogP contribution in [0.1, 0.15) is 33.6 Å². The second-order valence-corrected chi connectivity index (χ2v) is 4.52. The number of fused-ring (bicyclic) bond motifs is 1. The average Bonchev–Trinajstić information content (AvgIpc) is 2.34. The van der Waals surface area contributed by atoms with E-state index in [1.165, 1.54) is 18.2 Å². The van der Waals surface area contributed by atoms with Gasteiger partial charge in [-0.05, 0) is 12.1 Å². The molecule has 1 atom stereocenters. The van der Waals surface area contributed by atoms with E-state index in [1.54, 1.807) is 0 Å². The predicted octanol–water partition coefficient (Wildman–Crippen LogP) is 0.923. The Balaban J connectivity index is 2.29. The van der Waals surface area contributed by atoms with Crippen LogP contribution < -0.4 is 0 Å². The Morgan fingerprint density at radius 2 is 1.95 bits per heavy atom. The number of ketones is 2. The highest BCUT2D eigenvalue weighted by Crippen LogP contribution is 2.30. The zero-order valence-corrected chi connectivity index (χ0v) is 10.4. The zero-order valence-electron chi connectivity index (χ0n) is 10.4. The molecule has 20 heavy (non-hydrogen) atoms. The lowest BCUT2D eigenvalue weighted by Crippen LogP contribution is -2.22. The number of Topliss-reactive ketones (excluding diaryl/α,β-unsaturated/α-hetero) is 1. The molecule has 0 aliphatic heterocycles. The van der Waals surface area contributed by atoms with Gasteiger partial charge in [0.15, 0.2) is 11.6 Å². The van der Waals surface area contributed by atoms with Gasteiger partial charge in [-0.2, -0.15) is 0 Å². The van der Waals surface area contributed by atoms with Gasteiger partial charge in [-0.1, -0.05) is 12.1 Å². The van der Waals surface area contributed by atoms with Crippen molar-refractivity contribution in [2.75, 3.05) is 0 Å². The fraction of sp³-hybridized carbons (Fsp3) is 0.214. The predicted molar refractivity (Wildman–Crippen MR) is 67.7 cm³/mol. The third-order valence-corrected chi connectivity index (χ3v) is 3.00. The molecule has 104 valence electrons. The SMILES string of the molecule is O=C(O)C[C@@H](O)CC1=CC(=O)c2c(O)cccc2C1=O. The second kappa shape index (κ2) is 5.26. The first-order chi connectivity index (χ1) is 9.40. The van der Waals surface area contributed by atoms with Crippen LogP contribution in [0.2, 0.25) is 0 Å². The smallest absolute Gasteiger partial charge is 0.305 e. The number of aliphatic hydroxyl groups excluding tert-OH is 1. The number of hydrogen-bond donors (Lipinski definition) is 3. The minimum atomic E-state index is -1.24. The molecule has 2 rings (SSSR count). The molecule has 0 radical (unpaired) electrons. The Morgan fingerprint density at radius 1 is 1.25 bits per heavy atom. The van der Waals surface area contributed by atoms with E-state index in [1.807, 2.05) is 0 Å². The van der Waals surface area contributed by atoms with Gasteiger partial charge in [0.1, 0.15) is 5.75 Å². The van der Waals surface area contributed by atoms with E-state index in [0.29, 0.717) is 0 Å². The summed E-state index contributed by atoms with van der Waals surface area (Å²) in [6, 6.07) is 4.16. The van der Waals surface area contributed by atoms with Crippen LogP contribution in [0.4, 0.5) is 0 Å². The molecule has 0 amide bonds. The van der Waals surface area contributed by atoms with Crippen LogP contribution in [-0.4, -0.2) is 39.0 Å². The number of carbonyl (C=O) groups is 3. The molecule has 1 aliphatic rings. The molecule has 0 aromatic heterocycles. The van der Waals surface area contributed by atoms with Crippen LogP contribution in [0.25, 0.3) is 0 Å². The van der Waals surface area contributed by atoms with Crippen molar-refractivity contribution in [1.29, 1.82) is 0 Å². The number of hydrogen-bond acceptors (Lipinski definition) is 5. The molecular weight excluding hydrogens is 264 g/mol. The van der Waals surface area contributed by atoms with Crippen molar-refractivity contribution in [3.63, 3.8) is 0 Å². The highest BCUT2D eigenvalue weighted by Gasteiger charge is 2.29. The average molecular weight is 276 g/mol. The Bertz CT molecular complexity index is 629. The number of allylic oxidation sites excluding steroid dienone is 1. The number of aliphatic carboxylic acids is 1. The summed E-state index contributed by atoms with van der Waals surface area (Å²) in [5, 5.41) is 27.7. The summed E-state index contributed by atoms with van der Waals surface area (Å²) >= 11 is 0. The molecule has 6 nitrogen and oxygen atoms in total. The topological polar surface area (TPSA) is 112 Å². The Hall–Kier alpha value is -2.47. The third-order valence-electron chi connectivity index (χ3n) is 3.00. The normalized spacial score (nSPS) is 15.6. The van der Waals surface area contributed by atoms with Crippen molar-refractivity contribution < 1.29 is 29.7 Å². The fourth-order valence-electron chi connectivity index (χ4n) is 2.14. The summed E-state index contributed by atoms with van der Waals surface area (Å²) in [7, 11) is 0. The fourth-order valence-corrected chi connectivity index (χ4v) is 2.14. The van der Waals surface area contributed by atoms with E-state index in [4.69, 9.17) is 5.11 Å². The first kappa shape index (κ1) is 14.0. The molecule has 3 N–H and O–H groups in total. The van der Waals surface area contributed by atoms with Gasteiger partial charge in [0.05, 0.1) is 18.1 Å². The van der Waals surface area contributed by atoms with E-state index < -0.39 is 30.1 Å². The van der Waals surface area contributed by atoms with Crippen molar-refractivity contribution >= 4 is 17.5 Å². The van der Waals surface area contributed by atoms with Crippen LogP contribution in [0.15, 0.2) is 29.8 Å². The number of carbonyl (C=O) groups excluding carboxylic acids is 2. The maximum absolute atomic E-state index is 12.1. The molecular formula is C14H12O6. The molecule has 0 spiro atoms. The van der Waals surface area contributed by atoms with Gasteiger partial charge in [0.25, 0.3) is 0 Å². The number of carboxylic acids is 1. The van der Waals surface area contributed by atoms with E-state index in [-0.39, 0.29) is 28.9 Å². The van der Waals surface area contributed by atoms with Crippen molar-refractivity contribution in [2.24, 2.45) is 0 Å². The summed E-state index contributed by atoms with van der Waals surface area (Å²) in [4.78, 5) is 34.5. The highest BCUT2D eigenvalue weighted by molar-refractivity contribution is 6.25. The molecule has 0 heterocycles. The first-order valence-corrected chi connectivity index (χ1v) is 5.91. The van der Waals surface area contributed by atoms with Gasteiger partial charge in [-0.15, -0.1) is 0 Å². The number of rotatable bonds is 4. The van der Waals surface area contributed by atoms with Crippen molar-refractivity contribution in [2.45, 2.75) is 18.9 Å². The standard InChI is InChI=1S/C14H12O6/c15-8(6-12(18)19)4-7-5-11(17)13-9(14(7)20)2-1-3-10(13)16/h1-3,5,8,15-16H,4,6H2,(H,18,19)/t8-/m0/s1. The van der Waals surface area contributed by atoms with Gasteiger partial charge in [0.2, 0.25) is 0 Å². The van der Waals surface area contributed by atoms with Crippen molar-refractivity contribution in [3.05, 3.63) is 41.0 Å². The Morgan fingerprint density at radius 3 is 2.60 bits per heavy atom. The van der Waals surface area contributed by atoms with Crippen LogP contribution >= 0.6 is 0 Å². The van der Waals surface area contributed by atoms with Gasteiger partial charge in [-0.3, -0.25) is 14.4 Å². The summed E-state index contributed by atoms with van der Waals surface area (Å²) < 4.78 is 0. The Kier molecular flexibility index (Phi) is 3.67. The summed E-state index contributed by atoms with van der Waals surface area (Å²) in [5.41, 5.74) is 0.0471. The lowest BCUT2D eigenvalue weighted by Gasteiger charge is -2.17. The van der Waals surface area contributed by atoms with Gasteiger partial charge in [0, 0.05) is 17.6 Å². The molecule has 0 saturated heterocycles. The number of phenols is 1. The van der Waals surface area contributed by atoms with Gasteiger partial charge < -0.3 is 15.3 Å². The summed E-state index contributed by atoms with van der Waals surface area (Å²) in [6.07, 6.45) is -0.929. The quantitative estimate of drug-likeness (QED) is 0.754. The maximum atomic E-state index is 12.1. The lowest BCUT2D eigenvalue weighted by molar-refractivity contribution is -0.139. The Labute approximate surface area is 114 Å². The summed E-state index contributed by atoms with van der Waals surface area (Å²) in [6.45, 7) is 0. The van der Waals surface area contributed by atoms with Gasteiger partial charge >= 0.3 is 5.97 Å². The maximum Gasteiger partial charge on any atom is 0.305 e. The van der Waals surface area contributed by atoms with Crippen LogP contribution in [0.3, 0.4) is 0 Å². The zero-order chi connectivity index (χ0) is 14.9. The lowest BCUT2D eigenvalue weighted by atomic mass is 9.86. The van der Waals surface area contributed by atoms with E-state index in [0.717, 1.165) is 6.08 Å². The number of carboxylic acid groups (broad SMARTS) is 1. The number of aromatic hydroxyl groups is 1. The molecule has 1 aromatic carbocycles. The summed E-state index contributed by atoms with van der Waals surface area (Å²) in [5.74, 6) is -2.48. The van der Waals surface area contributed by atoms with Gasteiger partial charge in [-0.25, -0.2) is 0 Å². The molecule has 1 aliphatic carbocycles. The number of aliphatic hydroxyl groups is 1. The van der Waals surface area contributed by atoms with Crippen LogP contribution in [0, 0.1) is 0 Å². The molecule has 0 saturated carbocycles. The molecule has 1 aromatic rings. The monoisotopic (exact) mass is 276 g/mol. The van der Waals surface area contributed by atoms with Crippen LogP contribution in [-0.2, 0) is 4.79 Å². The minimum absolute atomic E-state index is 0.0434. The minimum Gasteiger partial charge on any atom is -0.507 e. The molecule has 0 bridgehead atoms. The van der Waals surface area contributed by atoms with E-state index in [2.05, 4.69) is 0 Å². The van der Waals surface area contributed by atoms with Crippen molar-refractivity contribution in [3.8, 4) is 5.75 Å². The molecule has 6 heteroatoms. The second-order valence-electron chi connectivity index (χ2n) is 4.52. The van der Waals surface area contributed by atoms with E-state index >= 15 is 0 Å². The highest BCUT2D eigenvalue weighted by atomic mass is 16.4. The number of benzene rings is 1. The van der Waals surface area contributed by atoms with E-state index in [9.17, 15) is 24.6 Å². The molecule has 0 fully saturated rings.